The zero-order valence-electron chi connectivity index (χ0n) is 8.05. The van der Waals surface area contributed by atoms with E-state index in [1.165, 1.54) is 0 Å². The monoisotopic (exact) mass is 320 g/mol. The average molecular weight is 322 g/mol. The maximum absolute atomic E-state index is 11.3. The molecule has 2 nitrogen and oxygen atoms in total. The van der Waals surface area contributed by atoms with Gasteiger partial charge >= 0.3 is 0 Å². The summed E-state index contributed by atoms with van der Waals surface area (Å²) in [5.74, 6) is 0. The van der Waals surface area contributed by atoms with Crippen LogP contribution in [0, 0.1) is 40.8 Å². The Bertz CT molecular complexity index is 127. The predicted octanol–water partition coefficient (Wildman–Crippen LogP) is 2.86. The molecule has 0 saturated heterocycles. The Morgan fingerprint density at radius 1 is 1.08 bits per heavy atom. The van der Waals surface area contributed by atoms with Gasteiger partial charge in [0.15, 0.2) is 0 Å². The molecule has 0 bridgehead atoms. The molecular formula is C8H19NdO2P. The van der Waals surface area contributed by atoms with Gasteiger partial charge in [-0.1, -0.05) is 26.7 Å². The van der Waals surface area contributed by atoms with Gasteiger partial charge in [-0.2, -0.15) is 0 Å². The van der Waals surface area contributed by atoms with E-state index in [4.69, 9.17) is 0 Å². The van der Waals surface area contributed by atoms with Crippen molar-refractivity contribution in [1.29, 1.82) is 0 Å². The smallest absolute Gasteiger partial charge is 0.200 e. The zero-order chi connectivity index (χ0) is 8.74. The molecule has 1 N–H and O–H groups in total. The molecule has 0 aromatic carbocycles. The van der Waals surface area contributed by atoms with E-state index in [-0.39, 0.29) is 40.8 Å². The fourth-order valence-corrected chi connectivity index (χ4v) is 2.77. The molecule has 0 aliphatic carbocycles. The summed E-state index contributed by atoms with van der Waals surface area (Å²) in [4.78, 5) is 9.33. The van der Waals surface area contributed by atoms with Gasteiger partial charge in [0.1, 0.15) is 0 Å². The Balaban J connectivity index is 0. The van der Waals surface area contributed by atoms with Crippen molar-refractivity contribution in [3.63, 3.8) is 0 Å². The third-order valence-electron chi connectivity index (χ3n) is 1.72. The van der Waals surface area contributed by atoms with Crippen LogP contribution >= 0.6 is 7.37 Å². The maximum Gasteiger partial charge on any atom is 0.200 e. The minimum Gasteiger partial charge on any atom is -0.344 e. The molecule has 0 fully saturated rings. The number of hydrogen-bond acceptors (Lipinski definition) is 1. The molecule has 0 aliphatic heterocycles. The van der Waals surface area contributed by atoms with Crippen LogP contribution in [0.5, 0.6) is 0 Å². The average Bonchev–Trinajstić information content (AvgIpc) is 1.97. The molecule has 0 unspecified atom stereocenters. The molecule has 0 spiro atoms. The van der Waals surface area contributed by atoms with Crippen LogP contribution in [0.2, 0.25) is 0 Å². The second kappa shape index (κ2) is 9.11. The van der Waals surface area contributed by atoms with Gasteiger partial charge in [-0.15, -0.1) is 0 Å². The minimum absolute atomic E-state index is 0. The van der Waals surface area contributed by atoms with Gasteiger partial charge < -0.3 is 4.89 Å². The molecule has 0 aromatic rings. The first-order chi connectivity index (χ1) is 5.12. The standard InChI is InChI=1S/C8H19O2P.Nd/c1-3-5-7-11(9,10)8-6-4-2;/h3-8H2,1-2H3,(H,9,10);. The van der Waals surface area contributed by atoms with E-state index >= 15 is 0 Å². The summed E-state index contributed by atoms with van der Waals surface area (Å²) in [5, 5.41) is 0. The Morgan fingerprint density at radius 2 is 1.42 bits per heavy atom. The van der Waals surface area contributed by atoms with E-state index in [9.17, 15) is 9.46 Å². The largest absolute Gasteiger partial charge is 0.344 e. The predicted molar refractivity (Wildman–Crippen MR) is 49.4 cm³/mol. The Morgan fingerprint density at radius 3 is 1.67 bits per heavy atom. The van der Waals surface area contributed by atoms with Gasteiger partial charge in [-0.3, -0.25) is 4.57 Å². The number of unbranched alkanes of at least 4 members (excludes halogenated alkanes) is 2. The molecule has 4 heteroatoms. The first-order valence-electron chi connectivity index (χ1n) is 4.43. The summed E-state index contributed by atoms with van der Waals surface area (Å²) in [5.41, 5.74) is 0. The zero-order valence-corrected chi connectivity index (χ0v) is 12.1. The first-order valence-corrected chi connectivity index (χ1v) is 6.46. The van der Waals surface area contributed by atoms with Gasteiger partial charge in [0, 0.05) is 53.2 Å². The number of hydrogen-bond donors (Lipinski definition) is 1. The van der Waals surface area contributed by atoms with E-state index in [2.05, 4.69) is 0 Å². The van der Waals surface area contributed by atoms with Gasteiger partial charge in [0.2, 0.25) is 7.37 Å². The molecule has 0 radical (unpaired) electrons. The van der Waals surface area contributed by atoms with E-state index < -0.39 is 7.37 Å². The van der Waals surface area contributed by atoms with E-state index in [1.54, 1.807) is 0 Å². The normalized spacial score (nSPS) is 10.9. The molecule has 72 valence electrons. The fraction of sp³-hybridized carbons (Fsp3) is 1.00. The van der Waals surface area contributed by atoms with Gasteiger partial charge in [-0.25, -0.2) is 0 Å². The van der Waals surface area contributed by atoms with Crippen molar-refractivity contribution in [2.24, 2.45) is 0 Å². The van der Waals surface area contributed by atoms with E-state index in [0.717, 1.165) is 25.7 Å². The Labute approximate surface area is 108 Å². The van der Waals surface area contributed by atoms with Crippen LogP contribution in [0.3, 0.4) is 0 Å². The Kier molecular flexibility index (Phi) is 12.1. The minimum atomic E-state index is -2.73. The SMILES string of the molecule is CCCCP(=O)(O)CCCC.[Nd]. The van der Waals surface area contributed by atoms with Crippen molar-refractivity contribution in [3.05, 3.63) is 0 Å². The van der Waals surface area contributed by atoms with Crippen LogP contribution < -0.4 is 0 Å². The molecule has 12 heavy (non-hydrogen) atoms. The van der Waals surface area contributed by atoms with E-state index in [0.29, 0.717) is 12.3 Å². The van der Waals surface area contributed by atoms with Crippen LogP contribution in [-0.2, 0) is 4.57 Å². The van der Waals surface area contributed by atoms with Crippen molar-refractivity contribution >= 4 is 7.37 Å². The molecule has 0 atom stereocenters. The third-order valence-corrected chi connectivity index (χ3v) is 3.75. The first kappa shape index (κ1) is 16.0. The molecule has 0 heterocycles. The molecule has 0 amide bonds. The summed E-state index contributed by atoms with van der Waals surface area (Å²) in [6.45, 7) is 4.08. The molecule has 0 saturated carbocycles. The van der Waals surface area contributed by atoms with Crippen molar-refractivity contribution in [2.45, 2.75) is 39.5 Å². The van der Waals surface area contributed by atoms with Crippen LogP contribution in [0.4, 0.5) is 0 Å². The Hall–Kier alpha value is 1.54. The third kappa shape index (κ3) is 9.63. The molecule has 0 aliphatic rings. The van der Waals surface area contributed by atoms with Crippen molar-refractivity contribution in [1.82, 2.24) is 0 Å². The van der Waals surface area contributed by atoms with Crippen molar-refractivity contribution in [3.8, 4) is 0 Å². The quantitative estimate of drug-likeness (QED) is 0.764. The summed E-state index contributed by atoms with van der Waals surface area (Å²) in [6.07, 6.45) is 4.83. The second-order valence-electron chi connectivity index (χ2n) is 3.00. The fourth-order valence-electron chi connectivity index (χ4n) is 0.922. The topological polar surface area (TPSA) is 37.3 Å². The van der Waals surface area contributed by atoms with Crippen molar-refractivity contribution < 1.29 is 50.3 Å². The van der Waals surface area contributed by atoms with Crippen LogP contribution in [0.1, 0.15) is 39.5 Å². The van der Waals surface area contributed by atoms with Gasteiger partial charge in [-0.05, 0) is 12.8 Å². The summed E-state index contributed by atoms with van der Waals surface area (Å²) < 4.78 is 11.3. The van der Waals surface area contributed by atoms with Crippen molar-refractivity contribution in [2.75, 3.05) is 12.3 Å². The summed E-state index contributed by atoms with van der Waals surface area (Å²) in [7, 11) is -2.73. The molecular weight excluding hydrogens is 303 g/mol. The maximum atomic E-state index is 11.3. The molecule has 0 aromatic heterocycles. The number of rotatable bonds is 6. The van der Waals surface area contributed by atoms with Crippen LogP contribution in [0.15, 0.2) is 0 Å². The van der Waals surface area contributed by atoms with Gasteiger partial charge in [0.05, 0.1) is 0 Å². The summed E-state index contributed by atoms with van der Waals surface area (Å²) >= 11 is 0. The van der Waals surface area contributed by atoms with Crippen LogP contribution in [0.25, 0.3) is 0 Å². The van der Waals surface area contributed by atoms with Gasteiger partial charge in [0.25, 0.3) is 0 Å². The summed E-state index contributed by atoms with van der Waals surface area (Å²) in [6, 6.07) is 0. The second-order valence-corrected chi connectivity index (χ2v) is 5.59. The van der Waals surface area contributed by atoms with E-state index in [1.807, 2.05) is 13.8 Å². The van der Waals surface area contributed by atoms with Crippen LogP contribution in [-0.4, -0.2) is 17.2 Å². The molecule has 0 rings (SSSR count).